The topological polar surface area (TPSA) is 474 Å². The molecule has 0 bridgehead atoms. The van der Waals surface area contributed by atoms with Gasteiger partial charge in [-0.1, -0.05) is 0 Å². The summed E-state index contributed by atoms with van der Waals surface area (Å²) in [6, 6.07) is 0. The van der Waals surface area contributed by atoms with E-state index in [9.17, 15) is 0 Å². The Hall–Kier alpha value is 1.55. The minimum atomic E-state index is -5.75. The van der Waals surface area contributed by atoms with Gasteiger partial charge in [0.05, 0.1) is 0 Å². The first-order valence-corrected chi connectivity index (χ1v) is 15.3. The van der Waals surface area contributed by atoms with Crippen molar-refractivity contribution in [2.45, 2.75) is 0 Å². The molecule has 24 nitrogen and oxygen atoms in total. The van der Waals surface area contributed by atoms with Gasteiger partial charge in [-0.25, -0.2) is 13.7 Å². The number of hydrogen-bond donors (Lipinski definition) is 9. The molecule has 192 valence electrons. The van der Waals surface area contributed by atoms with Crippen LogP contribution in [0.15, 0.2) is 0 Å². The molecule has 0 aromatic heterocycles. The molecule has 32 heteroatoms. The summed E-state index contributed by atoms with van der Waals surface area (Å²) in [6.07, 6.45) is 0. The van der Waals surface area contributed by atoms with E-state index < -0.39 is 64.3 Å². The summed E-state index contributed by atoms with van der Waals surface area (Å²) in [5.74, 6) is 0. The van der Waals surface area contributed by atoms with Crippen LogP contribution >= 0.6 is 23.5 Å². The second kappa shape index (κ2) is 23.0. The van der Waals surface area contributed by atoms with Crippen molar-refractivity contribution in [3.8, 4) is 0 Å². The van der Waals surface area contributed by atoms with Crippen molar-refractivity contribution >= 4 is 58.2 Å². The summed E-state index contributed by atoms with van der Waals surface area (Å²) < 4.78 is 130. The molecule has 32 heavy (non-hydrogen) atoms. The molecule has 0 aliphatic rings. The molecule has 0 saturated carbocycles. The van der Waals surface area contributed by atoms with Gasteiger partial charge in [0.2, 0.25) is 0 Å². The number of phosphoric acid groups is 3. The predicted molar refractivity (Wildman–Crippen MR) is 58.4 cm³/mol. The molecule has 9 N–H and O–H groups in total. The van der Waals surface area contributed by atoms with E-state index in [0.29, 0.717) is 0 Å². The van der Waals surface area contributed by atoms with E-state index in [0.717, 1.165) is 0 Å². The summed E-state index contributed by atoms with van der Waals surface area (Å²) in [7, 11) is -13.9. The zero-order chi connectivity index (χ0) is 27.0. The van der Waals surface area contributed by atoms with E-state index >= 15 is 0 Å². The number of hydrogen-bond acceptors (Lipinski definition) is 15. The molecule has 0 fully saturated rings. The SMILES string of the molecule is O=P(O)(O)O.O=P(O)(O)O.O=P(O)(O)O.[Al+3].[Al+3].[O]=[Cr](=[O])([O-])[O-].[O]=[Cr](=[O])([O-])[O-].[O]=[Cr](=[O])([O-])[O-]. The normalized spacial score (nSPS) is 11.0. The van der Waals surface area contributed by atoms with Crippen LogP contribution in [-0.2, 0) is 77.4 Å². The van der Waals surface area contributed by atoms with Gasteiger partial charge in [-0.3, -0.25) is 0 Å². The first-order chi connectivity index (χ1) is 12.0. The minimum absolute atomic E-state index is 0. The van der Waals surface area contributed by atoms with Crippen molar-refractivity contribution in [1.29, 1.82) is 0 Å². The van der Waals surface area contributed by atoms with Crippen molar-refractivity contribution in [2.24, 2.45) is 0 Å². The molecule has 0 aromatic rings. The summed E-state index contributed by atoms with van der Waals surface area (Å²) in [6.45, 7) is 0. The molecule has 0 unspecified atom stereocenters. The average molecular weight is 696 g/mol. The van der Waals surface area contributed by atoms with Gasteiger partial charge in [-0.05, 0) is 0 Å². The van der Waals surface area contributed by atoms with Crippen LogP contribution in [0.25, 0.3) is 0 Å². The molecular weight excluding hydrogens is 687 g/mol. The fourth-order valence-corrected chi connectivity index (χ4v) is 0. The van der Waals surface area contributed by atoms with Gasteiger partial charge >= 0.3 is 147 Å². The molecular formula is H9Al2Cr3O24P3. The molecule has 0 amide bonds. The molecule has 0 radical (unpaired) electrons. The van der Waals surface area contributed by atoms with Gasteiger partial charge in [0, 0.05) is 0 Å². The molecule has 0 heterocycles. The Bertz CT molecular complexity index is 691. The zero-order valence-corrected chi connectivity index (χ0v) is 22.7. The number of rotatable bonds is 0. The monoisotopic (exact) mass is 696 g/mol. The molecule has 0 aromatic carbocycles. The standard InChI is InChI=1S/2Al.3Cr.3H3O4P.12O/c;;;;;3*1-5(2,3)4;;;;;;;;;;;;/h;;;;;3*(H3,1,2,3,4);;;;;;;;;;;;/q2*+3;;;;;;;;;;;;;6*-1. The Kier molecular flexibility index (Phi) is 39.1. The van der Waals surface area contributed by atoms with E-state index in [-0.39, 0.29) is 34.7 Å². The Morgan fingerprint density at radius 2 is 0.375 bits per heavy atom. The summed E-state index contributed by atoms with van der Waals surface area (Å²) in [4.78, 5) is 64.7. The van der Waals surface area contributed by atoms with E-state index in [2.05, 4.69) is 0 Å². The van der Waals surface area contributed by atoms with Crippen LogP contribution in [0.4, 0.5) is 0 Å². The van der Waals surface area contributed by atoms with Crippen molar-refractivity contribution < 1.29 is 146 Å². The summed E-state index contributed by atoms with van der Waals surface area (Å²) >= 11 is -17.2. The third kappa shape index (κ3) is 12200. The van der Waals surface area contributed by atoms with Gasteiger partial charge in [-0.15, -0.1) is 0 Å². The molecule has 0 spiro atoms. The second-order valence-corrected chi connectivity index (χ2v) is 9.67. The van der Waals surface area contributed by atoms with E-state index in [1.807, 2.05) is 0 Å². The third-order valence-corrected chi connectivity index (χ3v) is 0. The Labute approximate surface area is 203 Å². The quantitative estimate of drug-likeness (QED) is 0.0838. The van der Waals surface area contributed by atoms with Crippen LogP contribution < -0.4 is 24.9 Å². The Morgan fingerprint density at radius 1 is 0.375 bits per heavy atom. The maximum absolute atomic E-state index is 8.88. The summed E-state index contributed by atoms with van der Waals surface area (Å²) in [5, 5.41) is 0. The van der Waals surface area contributed by atoms with Crippen LogP contribution in [0, 0.1) is 0 Å². The van der Waals surface area contributed by atoms with Gasteiger partial charge in [-0.2, -0.15) is 0 Å². The fraction of sp³-hybridized carbons (Fsp3) is 0. The molecule has 0 saturated heterocycles. The molecule has 0 atom stereocenters. The Morgan fingerprint density at radius 3 is 0.375 bits per heavy atom. The van der Waals surface area contributed by atoms with E-state index in [1.54, 1.807) is 0 Å². The van der Waals surface area contributed by atoms with Crippen LogP contribution in [0.5, 0.6) is 0 Å². The van der Waals surface area contributed by atoms with Gasteiger partial charge in [0.1, 0.15) is 0 Å². The van der Waals surface area contributed by atoms with Crippen molar-refractivity contribution in [2.75, 3.05) is 0 Å². The molecule has 0 aliphatic carbocycles. The summed E-state index contributed by atoms with van der Waals surface area (Å²) in [5.41, 5.74) is 0. The molecule has 0 aliphatic heterocycles. The predicted octanol–water partition coefficient (Wildman–Crippen LogP) is -11.4. The fourth-order valence-electron chi connectivity index (χ4n) is 0. The first kappa shape index (κ1) is 54.5. The molecule has 0 rings (SSSR count). The first-order valence-electron chi connectivity index (χ1n) is 4.35. The maximum atomic E-state index is 8.88. The van der Waals surface area contributed by atoms with Gasteiger partial charge in [0.25, 0.3) is 0 Å². The van der Waals surface area contributed by atoms with Gasteiger partial charge in [0.15, 0.2) is 0 Å². The van der Waals surface area contributed by atoms with Crippen molar-refractivity contribution in [1.82, 2.24) is 0 Å². The van der Waals surface area contributed by atoms with Crippen LogP contribution in [0.2, 0.25) is 0 Å². The van der Waals surface area contributed by atoms with Gasteiger partial charge < -0.3 is 44.0 Å². The van der Waals surface area contributed by atoms with Crippen molar-refractivity contribution in [3.05, 3.63) is 0 Å². The Balaban J connectivity index is -0.0000000356. The van der Waals surface area contributed by atoms with Crippen LogP contribution in [0.1, 0.15) is 0 Å². The second-order valence-electron chi connectivity index (χ2n) is 2.76. The van der Waals surface area contributed by atoms with E-state index in [1.165, 1.54) is 0 Å². The van der Waals surface area contributed by atoms with Crippen molar-refractivity contribution in [3.63, 3.8) is 0 Å². The average Bonchev–Trinajstić information content (AvgIpc) is 1.94. The van der Waals surface area contributed by atoms with E-state index in [4.69, 9.17) is 106 Å². The van der Waals surface area contributed by atoms with Crippen LogP contribution in [-0.4, -0.2) is 78.8 Å². The third-order valence-electron chi connectivity index (χ3n) is 0. The zero-order valence-electron chi connectivity index (χ0n) is 13.9. The van der Waals surface area contributed by atoms with Crippen LogP contribution in [0.3, 0.4) is 0 Å².